The molecule has 108 valence electrons. The van der Waals surface area contributed by atoms with Gasteiger partial charge < -0.3 is 5.32 Å². The van der Waals surface area contributed by atoms with Crippen molar-refractivity contribution in [3.05, 3.63) is 30.1 Å². The van der Waals surface area contributed by atoms with Gasteiger partial charge in [0.1, 0.15) is 0 Å². The minimum Gasteiger partial charge on any atom is -0.313 e. The number of nitrogens with zero attached hydrogens (tertiary/aromatic N) is 5. The lowest BCUT2D eigenvalue weighted by Gasteiger charge is -2.08. The number of rotatable bonds is 8. The van der Waals surface area contributed by atoms with Gasteiger partial charge in [-0.25, -0.2) is 4.68 Å². The van der Waals surface area contributed by atoms with Crippen molar-refractivity contribution in [1.29, 1.82) is 0 Å². The second-order valence-corrected chi connectivity index (χ2v) is 5.78. The third-order valence-electron chi connectivity index (χ3n) is 2.69. The maximum Gasteiger partial charge on any atom is 0.209 e. The van der Waals surface area contributed by atoms with Gasteiger partial charge in [-0.05, 0) is 29.0 Å². The fourth-order valence-electron chi connectivity index (χ4n) is 1.69. The molecular formula is C13H20N6S. The Morgan fingerprint density at radius 3 is 3.00 bits per heavy atom. The standard InChI is InChI=1S/C13H20N6S/c1-11(2)14-8-9-19-13(16-17-18-19)20-10-6-12-5-3-4-7-15-12/h3-5,7,11,14H,6,8-10H2,1-2H3. The summed E-state index contributed by atoms with van der Waals surface area (Å²) in [5.41, 5.74) is 1.10. The molecule has 0 unspecified atom stereocenters. The topological polar surface area (TPSA) is 68.5 Å². The number of nitrogens with one attached hydrogen (secondary N) is 1. The van der Waals surface area contributed by atoms with Crippen LogP contribution in [0.3, 0.4) is 0 Å². The Morgan fingerprint density at radius 2 is 2.25 bits per heavy atom. The maximum atomic E-state index is 4.31. The van der Waals surface area contributed by atoms with E-state index in [0.29, 0.717) is 6.04 Å². The minimum absolute atomic E-state index is 0.478. The number of pyridine rings is 1. The Kier molecular flexibility index (Phi) is 5.94. The van der Waals surface area contributed by atoms with Gasteiger partial charge in [-0.2, -0.15) is 0 Å². The fraction of sp³-hybridized carbons (Fsp3) is 0.538. The lowest BCUT2D eigenvalue weighted by molar-refractivity contribution is 0.485. The van der Waals surface area contributed by atoms with E-state index in [2.05, 4.69) is 39.7 Å². The van der Waals surface area contributed by atoms with Gasteiger partial charge in [0.25, 0.3) is 0 Å². The van der Waals surface area contributed by atoms with Crippen LogP contribution in [0.2, 0.25) is 0 Å². The molecule has 2 rings (SSSR count). The van der Waals surface area contributed by atoms with Gasteiger partial charge in [0.05, 0.1) is 6.54 Å². The Labute approximate surface area is 123 Å². The summed E-state index contributed by atoms with van der Waals surface area (Å²) in [4.78, 5) is 4.31. The van der Waals surface area contributed by atoms with Crippen LogP contribution in [0, 0.1) is 0 Å². The summed E-state index contributed by atoms with van der Waals surface area (Å²) in [5.74, 6) is 0.926. The molecule has 0 aromatic carbocycles. The van der Waals surface area contributed by atoms with E-state index in [1.54, 1.807) is 11.8 Å². The monoisotopic (exact) mass is 292 g/mol. The molecule has 2 aromatic heterocycles. The molecule has 0 aliphatic rings. The summed E-state index contributed by atoms with van der Waals surface area (Å²) in [6.45, 7) is 5.91. The van der Waals surface area contributed by atoms with Crippen LogP contribution in [0.1, 0.15) is 19.5 Å². The summed E-state index contributed by atoms with van der Waals surface area (Å²) in [7, 11) is 0. The Balaban J connectivity index is 1.77. The lowest BCUT2D eigenvalue weighted by Crippen LogP contribution is -2.27. The summed E-state index contributed by atoms with van der Waals surface area (Å²) in [6, 6.07) is 6.45. The first-order chi connectivity index (χ1) is 9.75. The molecule has 2 heterocycles. The number of hydrogen-bond acceptors (Lipinski definition) is 6. The molecule has 0 atom stereocenters. The SMILES string of the molecule is CC(C)NCCn1nnnc1SCCc1ccccn1. The van der Waals surface area contributed by atoms with Crippen molar-refractivity contribution >= 4 is 11.8 Å². The van der Waals surface area contributed by atoms with Gasteiger partial charge in [0.2, 0.25) is 5.16 Å². The number of thioether (sulfide) groups is 1. The number of aryl methyl sites for hydroxylation is 1. The first-order valence-corrected chi connectivity index (χ1v) is 7.76. The lowest BCUT2D eigenvalue weighted by atomic mass is 10.3. The van der Waals surface area contributed by atoms with Crippen LogP contribution in [0.15, 0.2) is 29.6 Å². The molecule has 1 N–H and O–H groups in total. The average Bonchev–Trinajstić information content (AvgIpc) is 2.87. The van der Waals surface area contributed by atoms with Gasteiger partial charge in [-0.3, -0.25) is 4.98 Å². The van der Waals surface area contributed by atoms with Crippen molar-refractivity contribution in [2.45, 2.75) is 38.0 Å². The summed E-state index contributed by atoms with van der Waals surface area (Å²) in [5, 5.41) is 16.0. The van der Waals surface area contributed by atoms with Crippen LogP contribution < -0.4 is 5.32 Å². The molecule has 0 radical (unpaired) electrons. The molecular weight excluding hydrogens is 272 g/mol. The smallest absolute Gasteiger partial charge is 0.209 e. The Hall–Kier alpha value is -1.47. The van der Waals surface area contributed by atoms with Crippen LogP contribution in [-0.4, -0.2) is 43.5 Å². The summed E-state index contributed by atoms with van der Waals surface area (Å²) < 4.78 is 1.85. The molecule has 0 saturated heterocycles. The van der Waals surface area contributed by atoms with E-state index in [1.807, 2.05) is 29.1 Å². The normalized spacial score (nSPS) is 11.2. The van der Waals surface area contributed by atoms with Gasteiger partial charge in [-0.15, -0.1) is 5.10 Å². The number of tetrazole rings is 1. The third-order valence-corrected chi connectivity index (χ3v) is 3.65. The van der Waals surface area contributed by atoms with E-state index in [-0.39, 0.29) is 0 Å². The molecule has 0 aliphatic carbocycles. The highest BCUT2D eigenvalue weighted by Gasteiger charge is 2.06. The van der Waals surface area contributed by atoms with Crippen molar-refractivity contribution in [1.82, 2.24) is 30.5 Å². The molecule has 6 nitrogen and oxygen atoms in total. The zero-order chi connectivity index (χ0) is 14.2. The van der Waals surface area contributed by atoms with Crippen molar-refractivity contribution in [3.63, 3.8) is 0 Å². The van der Waals surface area contributed by atoms with E-state index in [9.17, 15) is 0 Å². The van der Waals surface area contributed by atoms with Crippen molar-refractivity contribution in [2.75, 3.05) is 12.3 Å². The van der Waals surface area contributed by atoms with Crippen LogP contribution in [0.25, 0.3) is 0 Å². The van der Waals surface area contributed by atoms with Crippen LogP contribution >= 0.6 is 11.8 Å². The van der Waals surface area contributed by atoms with Crippen LogP contribution in [0.4, 0.5) is 0 Å². The molecule has 0 aliphatic heterocycles. The molecule has 0 fully saturated rings. The molecule has 0 amide bonds. The minimum atomic E-state index is 0.478. The highest BCUT2D eigenvalue weighted by atomic mass is 32.2. The molecule has 0 saturated carbocycles. The van der Waals surface area contributed by atoms with Gasteiger partial charge in [0.15, 0.2) is 0 Å². The first-order valence-electron chi connectivity index (χ1n) is 6.78. The number of hydrogen-bond donors (Lipinski definition) is 1. The van der Waals surface area contributed by atoms with Gasteiger partial charge in [-0.1, -0.05) is 31.7 Å². The van der Waals surface area contributed by atoms with E-state index in [0.717, 1.165) is 36.1 Å². The highest BCUT2D eigenvalue weighted by molar-refractivity contribution is 7.99. The first kappa shape index (κ1) is 14.9. The second kappa shape index (κ2) is 7.96. The quantitative estimate of drug-likeness (QED) is 0.742. The molecule has 0 bridgehead atoms. The summed E-state index contributed by atoms with van der Waals surface area (Å²) in [6.07, 6.45) is 2.74. The zero-order valence-corrected chi connectivity index (χ0v) is 12.7. The predicted octanol–water partition coefficient (Wildman–Crippen LogP) is 1.40. The third kappa shape index (κ3) is 4.90. The summed E-state index contributed by atoms with van der Waals surface area (Å²) >= 11 is 1.67. The Bertz CT molecular complexity index is 499. The van der Waals surface area contributed by atoms with Crippen molar-refractivity contribution in [2.24, 2.45) is 0 Å². The van der Waals surface area contributed by atoms with E-state index in [1.165, 1.54) is 0 Å². The molecule has 7 heteroatoms. The molecule has 20 heavy (non-hydrogen) atoms. The largest absolute Gasteiger partial charge is 0.313 e. The zero-order valence-electron chi connectivity index (χ0n) is 11.9. The van der Waals surface area contributed by atoms with Gasteiger partial charge in [0, 0.05) is 30.2 Å². The predicted molar refractivity (Wildman–Crippen MR) is 79.6 cm³/mol. The second-order valence-electron chi connectivity index (χ2n) is 4.71. The Morgan fingerprint density at radius 1 is 1.35 bits per heavy atom. The van der Waals surface area contributed by atoms with Crippen molar-refractivity contribution in [3.8, 4) is 0 Å². The van der Waals surface area contributed by atoms with Crippen LogP contribution in [-0.2, 0) is 13.0 Å². The highest BCUT2D eigenvalue weighted by Crippen LogP contribution is 2.14. The van der Waals surface area contributed by atoms with E-state index in [4.69, 9.17) is 0 Å². The van der Waals surface area contributed by atoms with Crippen LogP contribution in [0.5, 0.6) is 0 Å². The number of aromatic nitrogens is 5. The average molecular weight is 292 g/mol. The van der Waals surface area contributed by atoms with E-state index < -0.39 is 0 Å². The van der Waals surface area contributed by atoms with E-state index >= 15 is 0 Å². The maximum absolute atomic E-state index is 4.31. The molecule has 2 aromatic rings. The van der Waals surface area contributed by atoms with Crippen molar-refractivity contribution < 1.29 is 0 Å². The molecule has 0 spiro atoms. The van der Waals surface area contributed by atoms with Gasteiger partial charge >= 0.3 is 0 Å². The fourth-order valence-corrected chi connectivity index (χ4v) is 2.56.